The van der Waals surface area contributed by atoms with Crippen LogP contribution in [0.4, 0.5) is 0 Å². The predicted molar refractivity (Wildman–Crippen MR) is 99.5 cm³/mol. The van der Waals surface area contributed by atoms with Crippen LogP contribution in [-0.4, -0.2) is 23.1 Å². The number of hydrogen-bond donors (Lipinski definition) is 1. The molecule has 1 rings (SSSR count). The maximum Gasteiger partial charge on any atom is 0.244 e. The van der Waals surface area contributed by atoms with Crippen molar-refractivity contribution < 1.29 is 9.59 Å². The van der Waals surface area contributed by atoms with Crippen molar-refractivity contribution in [3.8, 4) is 0 Å². The maximum atomic E-state index is 12.2. The second-order valence-electron chi connectivity index (χ2n) is 6.21. The lowest BCUT2D eigenvalue weighted by molar-refractivity contribution is -0.119. The van der Waals surface area contributed by atoms with Gasteiger partial charge >= 0.3 is 0 Å². The van der Waals surface area contributed by atoms with E-state index in [0.717, 1.165) is 24.1 Å². The molecule has 0 bridgehead atoms. The average Bonchev–Trinajstić information content (AvgIpc) is 2.54. The second-order valence-corrected chi connectivity index (χ2v) is 6.73. The highest BCUT2D eigenvalue weighted by Gasteiger charge is 2.26. The summed E-state index contributed by atoms with van der Waals surface area (Å²) in [6, 6.07) is 0. The van der Waals surface area contributed by atoms with Crippen LogP contribution in [-0.2, 0) is 9.59 Å². The molecule has 0 saturated carbocycles. The molecule has 0 heterocycles. The summed E-state index contributed by atoms with van der Waals surface area (Å²) in [5.74, 6) is -0.398. The summed E-state index contributed by atoms with van der Waals surface area (Å²) in [6.07, 6.45) is 14.5. The Morgan fingerprint density at radius 1 is 1.22 bits per heavy atom. The van der Waals surface area contributed by atoms with Gasteiger partial charge in [-0.25, -0.2) is 0 Å². The number of rotatable bonds is 10. The Labute approximate surface area is 145 Å². The highest BCUT2D eigenvalue weighted by molar-refractivity contribution is 7.80. The molecule has 1 N–H and O–H groups in total. The molecule has 1 aliphatic carbocycles. The lowest BCUT2D eigenvalue weighted by Crippen LogP contribution is -2.27. The third kappa shape index (κ3) is 7.69. The van der Waals surface area contributed by atoms with Crippen LogP contribution in [0.25, 0.3) is 0 Å². The summed E-state index contributed by atoms with van der Waals surface area (Å²) >= 11 is 5.26. The molecule has 1 aliphatic rings. The molecule has 1 amide bonds. The molecule has 23 heavy (non-hydrogen) atoms. The summed E-state index contributed by atoms with van der Waals surface area (Å²) in [6.45, 7) is 4.85. The van der Waals surface area contributed by atoms with Crippen molar-refractivity contribution in [3.63, 3.8) is 0 Å². The zero-order chi connectivity index (χ0) is 17.1. The monoisotopic (exact) mass is 335 g/mol. The number of carbonyl (C=O) groups excluding carboxylic acids is 2. The molecule has 0 aromatic heterocycles. The van der Waals surface area contributed by atoms with E-state index in [2.05, 4.69) is 12.2 Å². The van der Waals surface area contributed by atoms with Crippen LogP contribution in [0.5, 0.6) is 0 Å². The summed E-state index contributed by atoms with van der Waals surface area (Å²) in [4.78, 5) is 24.8. The van der Waals surface area contributed by atoms with E-state index < -0.39 is 0 Å². The van der Waals surface area contributed by atoms with Crippen molar-refractivity contribution in [2.45, 2.75) is 58.8 Å². The van der Waals surface area contributed by atoms with Gasteiger partial charge in [-0.1, -0.05) is 70.3 Å². The van der Waals surface area contributed by atoms with E-state index in [1.165, 1.54) is 37.8 Å². The van der Waals surface area contributed by atoms with Gasteiger partial charge in [-0.05, 0) is 18.9 Å². The van der Waals surface area contributed by atoms with Gasteiger partial charge in [0.25, 0.3) is 0 Å². The molecule has 2 atom stereocenters. The smallest absolute Gasteiger partial charge is 0.244 e. The number of unbranched alkanes of at least 4 members (excludes halogenated alkanes) is 5. The van der Waals surface area contributed by atoms with E-state index in [4.69, 9.17) is 12.2 Å². The normalized spacial score (nSPS) is 20.9. The zero-order valence-electron chi connectivity index (χ0n) is 14.3. The fraction of sp³-hybridized carbons (Fsp3) is 0.632. The van der Waals surface area contributed by atoms with Crippen LogP contribution >= 0.6 is 12.2 Å². The van der Waals surface area contributed by atoms with Gasteiger partial charge in [-0.15, -0.1) is 0 Å². The fourth-order valence-electron chi connectivity index (χ4n) is 2.67. The van der Waals surface area contributed by atoms with Crippen LogP contribution in [0.2, 0.25) is 0 Å². The van der Waals surface area contributed by atoms with Crippen molar-refractivity contribution in [3.05, 3.63) is 24.3 Å². The van der Waals surface area contributed by atoms with Crippen LogP contribution in [0.1, 0.15) is 58.8 Å². The number of allylic oxidation sites excluding steroid dienone is 3. The van der Waals surface area contributed by atoms with E-state index in [1.54, 1.807) is 0 Å². The molecular weight excluding hydrogens is 306 g/mol. The van der Waals surface area contributed by atoms with Crippen LogP contribution in [0.15, 0.2) is 24.3 Å². The van der Waals surface area contributed by atoms with Gasteiger partial charge < -0.3 is 5.32 Å². The zero-order valence-corrected chi connectivity index (χ0v) is 15.2. The number of hydrogen-bond acceptors (Lipinski definition) is 3. The Bertz CT molecular complexity index is 468. The first kappa shape index (κ1) is 19.8. The summed E-state index contributed by atoms with van der Waals surface area (Å²) in [5.41, 5.74) is 0. The SMILES string of the molecule is CCCCCCCCNC(=O)C=CC(=O)C1C=CCC(=S)C1C. The minimum Gasteiger partial charge on any atom is -0.353 e. The van der Waals surface area contributed by atoms with Crippen LogP contribution < -0.4 is 5.32 Å². The first-order chi connectivity index (χ1) is 11.1. The first-order valence-electron chi connectivity index (χ1n) is 8.75. The van der Waals surface area contributed by atoms with Crippen molar-refractivity contribution >= 4 is 28.8 Å². The van der Waals surface area contributed by atoms with Crippen LogP contribution in [0, 0.1) is 11.8 Å². The van der Waals surface area contributed by atoms with Crippen molar-refractivity contribution in [1.29, 1.82) is 0 Å². The lowest BCUT2D eigenvalue weighted by atomic mass is 9.82. The van der Waals surface area contributed by atoms with Crippen molar-refractivity contribution in [2.24, 2.45) is 11.8 Å². The van der Waals surface area contributed by atoms with E-state index in [9.17, 15) is 9.59 Å². The summed E-state index contributed by atoms with van der Waals surface area (Å²) in [5, 5.41) is 2.83. The first-order valence-corrected chi connectivity index (χ1v) is 9.16. The van der Waals surface area contributed by atoms with E-state index in [-0.39, 0.29) is 23.5 Å². The average molecular weight is 336 g/mol. The molecular formula is C19H29NO2S. The van der Waals surface area contributed by atoms with Gasteiger partial charge in [0.1, 0.15) is 0 Å². The number of nitrogens with one attached hydrogen (secondary N) is 1. The molecule has 128 valence electrons. The summed E-state index contributed by atoms with van der Waals surface area (Å²) in [7, 11) is 0. The topological polar surface area (TPSA) is 46.2 Å². The predicted octanol–water partition coefficient (Wildman–Crippen LogP) is 4.17. The quantitative estimate of drug-likeness (QED) is 0.282. The van der Waals surface area contributed by atoms with Crippen molar-refractivity contribution in [2.75, 3.05) is 6.54 Å². The molecule has 0 aromatic rings. The molecule has 0 saturated heterocycles. The molecule has 3 nitrogen and oxygen atoms in total. The number of thiocarbonyl (C=S) groups is 1. The van der Waals surface area contributed by atoms with Gasteiger partial charge in [0.15, 0.2) is 5.78 Å². The van der Waals surface area contributed by atoms with E-state index in [1.807, 2.05) is 19.1 Å². The van der Waals surface area contributed by atoms with Gasteiger partial charge in [-0.3, -0.25) is 9.59 Å². The molecule has 0 spiro atoms. The van der Waals surface area contributed by atoms with Gasteiger partial charge in [0.05, 0.1) is 0 Å². The minimum atomic E-state index is -0.223. The highest BCUT2D eigenvalue weighted by Crippen LogP contribution is 2.23. The van der Waals surface area contributed by atoms with Gasteiger partial charge in [0.2, 0.25) is 5.91 Å². The van der Waals surface area contributed by atoms with Gasteiger partial charge in [-0.2, -0.15) is 0 Å². The number of carbonyl (C=O) groups is 2. The van der Waals surface area contributed by atoms with Crippen LogP contribution in [0.3, 0.4) is 0 Å². The highest BCUT2D eigenvalue weighted by atomic mass is 32.1. The third-order valence-electron chi connectivity index (χ3n) is 4.27. The van der Waals surface area contributed by atoms with Crippen molar-refractivity contribution in [1.82, 2.24) is 5.32 Å². The fourth-order valence-corrected chi connectivity index (χ4v) is 2.91. The standard InChI is InChI=1S/C19H29NO2S/c1-3-4-5-6-7-8-14-20-19(22)13-12-17(21)16-10-9-11-18(23)15(16)2/h9-10,12-13,15-16H,3-8,11,14H2,1-2H3,(H,20,22). The largest absolute Gasteiger partial charge is 0.353 e. The molecule has 0 fully saturated rings. The minimum absolute atomic E-state index is 0.0504. The molecule has 2 unspecified atom stereocenters. The summed E-state index contributed by atoms with van der Waals surface area (Å²) < 4.78 is 0. The molecule has 4 heteroatoms. The second kappa shape index (κ2) is 11.3. The third-order valence-corrected chi connectivity index (χ3v) is 4.80. The number of amides is 1. The van der Waals surface area contributed by atoms with E-state index >= 15 is 0 Å². The van der Waals surface area contributed by atoms with E-state index in [0.29, 0.717) is 6.54 Å². The van der Waals surface area contributed by atoms with Gasteiger partial charge in [0, 0.05) is 29.3 Å². The Hall–Kier alpha value is -1.29. The lowest BCUT2D eigenvalue weighted by Gasteiger charge is -2.22. The Morgan fingerprint density at radius 2 is 1.91 bits per heavy atom. The molecule has 0 radical (unpaired) electrons. The Balaban J connectivity index is 2.24. The molecule has 0 aromatic carbocycles. The Morgan fingerprint density at radius 3 is 2.65 bits per heavy atom. The number of ketones is 1. The maximum absolute atomic E-state index is 12.2. The Kier molecular flexibility index (Phi) is 9.69. The molecule has 0 aliphatic heterocycles.